The quantitative estimate of drug-likeness (QED) is 0.755. The first-order valence-corrected chi connectivity index (χ1v) is 7.78. The van der Waals surface area contributed by atoms with E-state index in [0.29, 0.717) is 24.5 Å². The van der Waals surface area contributed by atoms with E-state index in [0.717, 1.165) is 6.42 Å². The number of carbonyl (C=O) groups is 1. The Morgan fingerprint density at radius 3 is 2.44 bits per heavy atom. The maximum atomic E-state index is 12.0. The largest absolute Gasteiger partial charge is 0.352 e. The average molecular weight is 252 g/mol. The number of amides is 1. The standard InChI is InChI=1S/C15H28N2O/c1-12-7-3-2-4-10-14(12)17-15(18)11-16-13-8-5-6-9-13/h12-14,16H,2-11H2,1H3,(H,17,18). The molecule has 0 aromatic rings. The zero-order chi connectivity index (χ0) is 12.8. The minimum atomic E-state index is 0.195. The normalized spacial score (nSPS) is 30.1. The summed E-state index contributed by atoms with van der Waals surface area (Å²) in [7, 11) is 0. The van der Waals surface area contributed by atoms with Crippen LogP contribution in [0.5, 0.6) is 0 Å². The smallest absolute Gasteiger partial charge is 0.234 e. The topological polar surface area (TPSA) is 41.1 Å². The molecule has 0 aromatic heterocycles. The third-order valence-electron chi connectivity index (χ3n) is 4.61. The van der Waals surface area contributed by atoms with Crippen LogP contribution in [0.2, 0.25) is 0 Å². The van der Waals surface area contributed by atoms with E-state index in [1.54, 1.807) is 0 Å². The Balaban J connectivity index is 1.68. The first kappa shape index (κ1) is 13.9. The van der Waals surface area contributed by atoms with Gasteiger partial charge in [-0.2, -0.15) is 0 Å². The molecular weight excluding hydrogens is 224 g/mol. The molecule has 0 aliphatic heterocycles. The fourth-order valence-corrected chi connectivity index (χ4v) is 3.33. The molecule has 2 saturated carbocycles. The second-order valence-corrected chi connectivity index (χ2v) is 6.15. The molecule has 0 radical (unpaired) electrons. The molecule has 3 nitrogen and oxygen atoms in total. The highest BCUT2D eigenvalue weighted by molar-refractivity contribution is 5.78. The fourth-order valence-electron chi connectivity index (χ4n) is 3.33. The van der Waals surface area contributed by atoms with Crippen LogP contribution in [0, 0.1) is 5.92 Å². The zero-order valence-electron chi connectivity index (χ0n) is 11.7. The summed E-state index contributed by atoms with van der Waals surface area (Å²) in [5, 5.41) is 6.62. The Hall–Kier alpha value is -0.570. The molecule has 104 valence electrons. The van der Waals surface area contributed by atoms with Crippen LogP contribution in [0.25, 0.3) is 0 Å². The first-order chi connectivity index (χ1) is 8.75. The highest BCUT2D eigenvalue weighted by Gasteiger charge is 2.22. The summed E-state index contributed by atoms with van der Waals surface area (Å²) in [6.07, 6.45) is 11.5. The van der Waals surface area contributed by atoms with E-state index < -0.39 is 0 Å². The van der Waals surface area contributed by atoms with Crippen LogP contribution in [-0.2, 0) is 4.79 Å². The lowest BCUT2D eigenvalue weighted by Gasteiger charge is -2.23. The Morgan fingerprint density at radius 2 is 1.67 bits per heavy atom. The molecule has 2 fully saturated rings. The van der Waals surface area contributed by atoms with E-state index in [9.17, 15) is 4.79 Å². The second-order valence-electron chi connectivity index (χ2n) is 6.15. The van der Waals surface area contributed by atoms with Crippen LogP contribution in [0.1, 0.15) is 64.7 Å². The van der Waals surface area contributed by atoms with Crippen molar-refractivity contribution in [3.63, 3.8) is 0 Å². The predicted molar refractivity (Wildman–Crippen MR) is 74.4 cm³/mol. The van der Waals surface area contributed by atoms with Crippen LogP contribution in [-0.4, -0.2) is 24.5 Å². The van der Waals surface area contributed by atoms with E-state index >= 15 is 0 Å². The molecule has 2 aliphatic rings. The minimum absolute atomic E-state index is 0.195. The number of rotatable bonds is 4. The van der Waals surface area contributed by atoms with E-state index in [-0.39, 0.29) is 5.91 Å². The average Bonchev–Trinajstić information content (AvgIpc) is 2.80. The van der Waals surface area contributed by atoms with Crippen molar-refractivity contribution in [2.45, 2.75) is 76.8 Å². The SMILES string of the molecule is CC1CCCCCC1NC(=O)CNC1CCCC1. The first-order valence-electron chi connectivity index (χ1n) is 7.78. The van der Waals surface area contributed by atoms with Gasteiger partial charge in [0.25, 0.3) is 0 Å². The van der Waals surface area contributed by atoms with Gasteiger partial charge in [0.15, 0.2) is 0 Å². The number of nitrogens with one attached hydrogen (secondary N) is 2. The Morgan fingerprint density at radius 1 is 1.00 bits per heavy atom. The van der Waals surface area contributed by atoms with Gasteiger partial charge < -0.3 is 10.6 Å². The molecule has 0 aromatic carbocycles. The van der Waals surface area contributed by atoms with Crippen LogP contribution >= 0.6 is 0 Å². The van der Waals surface area contributed by atoms with E-state index in [1.165, 1.54) is 51.4 Å². The van der Waals surface area contributed by atoms with Crippen LogP contribution in [0.15, 0.2) is 0 Å². The van der Waals surface area contributed by atoms with Crippen molar-refractivity contribution >= 4 is 5.91 Å². The van der Waals surface area contributed by atoms with Gasteiger partial charge in [-0.15, -0.1) is 0 Å². The van der Waals surface area contributed by atoms with Gasteiger partial charge in [0.2, 0.25) is 5.91 Å². The minimum Gasteiger partial charge on any atom is -0.352 e. The molecule has 2 rings (SSSR count). The van der Waals surface area contributed by atoms with Crippen LogP contribution in [0.4, 0.5) is 0 Å². The summed E-state index contributed by atoms with van der Waals surface area (Å²) in [6.45, 7) is 2.79. The molecule has 0 heterocycles. The predicted octanol–water partition coefficient (Wildman–Crippen LogP) is 2.60. The monoisotopic (exact) mass is 252 g/mol. The third-order valence-corrected chi connectivity index (χ3v) is 4.61. The van der Waals surface area contributed by atoms with E-state index in [1.807, 2.05) is 0 Å². The fraction of sp³-hybridized carbons (Fsp3) is 0.933. The number of hydrogen-bond donors (Lipinski definition) is 2. The summed E-state index contributed by atoms with van der Waals surface area (Å²) in [5.41, 5.74) is 0. The van der Waals surface area contributed by atoms with E-state index in [4.69, 9.17) is 0 Å². The van der Waals surface area contributed by atoms with Gasteiger partial charge in [-0.1, -0.05) is 39.0 Å². The summed E-state index contributed by atoms with van der Waals surface area (Å²) in [6, 6.07) is 0.993. The lowest BCUT2D eigenvalue weighted by Crippen LogP contribution is -2.44. The van der Waals surface area contributed by atoms with Crippen molar-refractivity contribution in [3.8, 4) is 0 Å². The maximum absolute atomic E-state index is 12.0. The third kappa shape index (κ3) is 4.27. The molecule has 2 atom stereocenters. The molecule has 0 saturated heterocycles. The Bertz CT molecular complexity index is 261. The Kier molecular flexibility index (Phi) is 5.48. The van der Waals surface area contributed by atoms with Crippen molar-refractivity contribution < 1.29 is 4.79 Å². The summed E-state index contributed by atoms with van der Waals surface area (Å²) in [4.78, 5) is 12.0. The number of hydrogen-bond acceptors (Lipinski definition) is 2. The van der Waals surface area contributed by atoms with Crippen LogP contribution in [0.3, 0.4) is 0 Å². The van der Waals surface area contributed by atoms with Crippen molar-refractivity contribution in [1.82, 2.24) is 10.6 Å². The molecule has 2 unspecified atom stereocenters. The van der Waals surface area contributed by atoms with Gasteiger partial charge >= 0.3 is 0 Å². The Labute approximate surface area is 111 Å². The molecular formula is C15H28N2O. The highest BCUT2D eigenvalue weighted by Crippen LogP contribution is 2.22. The van der Waals surface area contributed by atoms with Crippen molar-refractivity contribution in [1.29, 1.82) is 0 Å². The van der Waals surface area contributed by atoms with Crippen molar-refractivity contribution in [3.05, 3.63) is 0 Å². The van der Waals surface area contributed by atoms with Gasteiger partial charge in [0.1, 0.15) is 0 Å². The van der Waals surface area contributed by atoms with Crippen molar-refractivity contribution in [2.24, 2.45) is 5.92 Å². The van der Waals surface area contributed by atoms with Gasteiger partial charge in [-0.25, -0.2) is 0 Å². The van der Waals surface area contributed by atoms with Crippen LogP contribution < -0.4 is 10.6 Å². The summed E-state index contributed by atoms with van der Waals surface area (Å²) >= 11 is 0. The van der Waals surface area contributed by atoms with Gasteiger partial charge in [-0.05, 0) is 31.6 Å². The zero-order valence-corrected chi connectivity index (χ0v) is 11.7. The molecule has 18 heavy (non-hydrogen) atoms. The molecule has 1 amide bonds. The second kappa shape index (κ2) is 7.13. The summed E-state index contributed by atoms with van der Waals surface area (Å²) < 4.78 is 0. The molecule has 0 spiro atoms. The summed E-state index contributed by atoms with van der Waals surface area (Å²) in [5.74, 6) is 0.837. The van der Waals surface area contributed by atoms with Gasteiger partial charge in [-0.3, -0.25) is 4.79 Å². The van der Waals surface area contributed by atoms with Gasteiger partial charge in [0.05, 0.1) is 6.54 Å². The molecule has 3 heteroatoms. The molecule has 2 aliphatic carbocycles. The lowest BCUT2D eigenvalue weighted by atomic mass is 9.97. The molecule has 0 bridgehead atoms. The molecule has 2 N–H and O–H groups in total. The van der Waals surface area contributed by atoms with Crippen molar-refractivity contribution in [2.75, 3.05) is 6.54 Å². The highest BCUT2D eigenvalue weighted by atomic mass is 16.2. The van der Waals surface area contributed by atoms with E-state index in [2.05, 4.69) is 17.6 Å². The lowest BCUT2D eigenvalue weighted by molar-refractivity contribution is -0.121. The number of carbonyl (C=O) groups excluding carboxylic acids is 1. The maximum Gasteiger partial charge on any atom is 0.234 e. The van der Waals surface area contributed by atoms with Gasteiger partial charge in [0, 0.05) is 12.1 Å².